The van der Waals surface area contributed by atoms with Crippen molar-refractivity contribution in [3.8, 4) is 0 Å². The number of urea groups is 1. The molecule has 2 atom stereocenters. The van der Waals surface area contributed by atoms with Crippen LogP contribution in [0, 0.1) is 0 Å². The second-order valence-electron chi connectivity index (χ2n) is 10.2. The minimum Gasteiger partial charge on any atom is -0.346 e. The van der Waals surface area contributed by atoms with Gasteiger partial charge < -0.3 is 15.1 Å². The molecule has 0 spiro atoms. The second kappa shape index (κ2) is 9.56. The molecule has 1 aliphatic carbocycles. The smallest absolute Gasteiger partial charge is 0.332 e. The Morgan fingerprint density at radius 2 is 1.86 bits per heavy atom. The molecule has 7 nitrogen and oxygen atoms in total. The van der Waals surface area contributed by atoms with Crippen molar-refractivity contribution < 1.29 is 14.4 Å². The third-order valence-electron chi connectivity index (χ3n) is 7.76. The van der Waals surface area contributed by atoms with Gasteiger partial charge in [0.2, 0.25) is 0 Å². The van der Waals surface area contributed by atoms with E-state index in [9.17, 15) is 14.4 Å². The van der Waals surface area contributed by atoms with E-state index in [1.807, 2.05) is 12.1 Å². The number of imide groups is 1. The molecule has 3 heterocycles. The number of hydrogen-bond acceptors (Lipinski definition) is 5. The topological polar surface area (TPSA) is 73.0 Å². The summed E-state index contributed by atoms with van der Waals surface area (Å²) in [5, 5.41) is 2.94. The molecule has 2 saturated heterocycles. The minimum atomic E-state index is -0.678. The highest BCUT2D eigenvalue weighted by Crippen LogP contribution is 2.44. The maximum atomic E-state index is 13.4. The van der Waals surface area contributed by atoms with Gasteiger partial charge in [-0.3, -0.25) is 9.59 Å². The van der Waals surface area contributed by atoms with Crippen molar-refractivity contribution in [1.82, 2.24) is 15.1 Å². The molecule has 35 heavy (non-hydrogen) atoms. The molecule has 1 N–H and O–H groups in total. The third-order valence-corrected chi connectivity index (χ3v) is 8.99. The van der Waals surface area contributed by atoms with E-state index in [1.165, 1.54) is 47.5 Å². The number of carbonyl (C=O) groups is 3. The molecular formula is C26H31ClN4O3S. The first-order valence-corrected chi connectivity index (χ1v) is 13.4. The van der Waals surface area contributed by atoms with Gasteiger partial charge in [0, 0.05) is 6.54 Å². The summed E-state index contributed by atoms with van der Waals surface area (Å²) in [5.41, 5.74) is 2.05. The molecule has 3 fully saturated rings. The van der Waals surface area contributed by atoms with Crippen molar-refractivity contribution in [2.24, 2.45) is 0 Å². The molecule has 3 aliphatic rings. The number of fused-ring (bicyclic) bond motifs is 1. The van der Waals surface area contributed by atoms with E-state index in [2.05, 4.69) is 36.4 Å². The Balaban J connectivity index is 1.32. The zero-order valence-corrected chi connectivity index (χ0v) is 21.7. The summed E-state index contributed by atoms with van der Waals surface area (Å²) in [7, 11) is 4.21. The highest BCUT2D eigenvalue weighted by Gasteiger charge is 2.53. The molecule has 5 rings (SSSR count). The fourth-order valence-electron chi connectivity index (χ4n) is 5.87. The Labute approximate surface area is 215 Å². The van der Waals surface area contributed by atoms with Crippen molar-refractivity contribution in [1.29, 1.82) is 0 Å². The summed E-state index contributed by atoms with van der Waals surface area (Å²) >= 11 is 7.15. The first-order valence-electron chi connectivity index (χ1n) is 12.3. The lowest BCUT2D eigenvalue weighted by Crippen LogP contribution is -2.46. The maximum Gasteiger partial charge on any atom is 0.332 e. The highest BCUT2D eigenvalue weighted by atomic mass is 35.5. The second-order valence-corrected chi connectivity index (χ2v) is 11.9. The minimum absolute atomic E-state index is 0.169. The normalized spacial score (nSPS) is 23.4. The number of halogens is 1. The number of nitrogens with zero attached hydrogens (tertiary/aromatic N) is 3. The lowest BCUT2D eigenvalue weighted by atomic mass is 9.76. The molecule has 1 aromatic heterocycles. The zero-order chi connectivity index (χ0) is 24.7. The van der Waals surface area contributed by atoms with E-state index in [-0.39, 0.29) is 23.3 Å². The summed E-state index contributed by atoms with van der Waals surface area (Å²) < 4.78 is 0.533. The molecule has 0 radical (unpaired) electrons. The van der Waals surface area contributed by atoms with E-state index in [0.717, 1.165) is 13.0 Å². The van der Waals surface area contributed by atoms with Crippen LogP contribution in [0.1, 0.15) is 53.8 Å². The number of nitrogens with one attached hydrogen (secondary N) is 1. The van der Waals surface area contributed by atoms with Gasteiger partial charge in [-0.05, 0) is 81.6 Å². The van der Waals surface area contributed by atoms with E-state index >= 15 is 0 Å². The van der Waals surface area contributed by atoms with Gasteiger partial charge in [0.25, 0.3) is 11.8 Å². The predicted molar refractivity (Wildman–Crippen MR) is 138 cm³/mol. The molecule has 2 aliphatic heterocycles. The predicted octanol–water partition coefficient (Wildman–Crippen LogP) is 4.50. The fourth-order valence-corrected chi connectivity index (χ4v) is 6.81. The number of rotatable bonds is 7. The number of benzene rings is 1. The molecule has 2 aromatic rings. The van der Waals surface area contributed by atoms with Crippen molar-refractivity contribution in [3.05, 3.63) is 51.2 Å². The molecule has 1 saturated carbocycles. The van der Waals surface area contributed by atoms with Gasteiger partial charge in [0.05, 0.1) is 20.9 Å². The first-order chi connectivity index (χ1) is 16.8. The van der Waals surface area contributed by atoms with E-state index in [0.29, 0.717) is 27.9 Å². The van der Waals surface area contributed by atoms with Crippen molar-refractivity contribution in [3.63, 3.8) is 0 Å². The lowest BCUT2D eigenvalue weighted by molar-refractivity contribution is -0.119. The van der Waals surface area contributed by atoms with Crippen LogP contribution in [0.5, 0.6) is 0 Å². The Kier molecular flexibility index (Phi) is 6.63. The number of thiophene rings is 1. The van der Waals surface area contributed by atoms with Crippen LogP contribution in [0.2, 0.25) is 4.34 Å². The summed E-state index contributed by atoms with van der Waals surface area (Å²) in [6, 6.07) is 9.94. The van der Waals surface area contributed by atoms with Gasteiger partial charge in [-0.2, -0.15) is 0 Å². The van der Waals surface area contributed by atoms with E-state index in [1.54, 1.807) is 17.0 Å². The number of carbonyl (C=O) groups excluding carboxylic acids is 3. The molecule has 0 unspecified atom stereocenters. The van der Waals surface area contributed by atoms with Gasteiger partial charge in [-0.15, -0.1) is 11.3 Å². The summed E-state index contributed by atoms with van der Waals surface area (Å²) in [6.07, 6.45) is 6.48. The lowest BCUT2D eigenvalue weighted by Gasteiger charge is -2.31. The molecule has 1 aromatic carbocycles. The van der Waals surface area contributed by atoms with E-state index in [4.69, 9.17) is 11.6 Å². The Morgan fingerprint density at radius 3 is 2.49 bits per heavy atom. The fraction of sp³-hybridized carbons (Fsp3) is 0.500. The van der Waals surface area contributed by atoms with Crippen LogP contribution in [0.3, 0.4) is 0 Å². The van der Waals surface area contributed by atoms with Crippen LogP contribution in [0.4, 0.5) is 10.5 Å². The number of amides is 4. The summed E-state index contributed by atoms with van der Waals surface area (Å²) in [6.45, 7) is 1.47. The average Bonchev–Trinajstić information content (AvgIpc) is 3.61. The molecule has 186 valence electrons. The highest BCUT2D eigenvalue weighted by molar-refractivity contribution is 7.18. The van der Waals surface area contributed by atoms with Crippen molar-refractivity contribution in [2.45, 2.75) is 56.0 Å². The van der Waals surface area contributed by atoms with Gasteiger partial charge in [-0.1, -0.05) is 36.6 Å². The SMILES string of the molecule is CN(C)CCC1(c2ccc(N3C(=O)[C@@H]4[C@H](NC(=O)c5ccc(Cl)s5)CCN4C3=O)cc2)CCCC1. The van der Waals surface area contributed by atoms with Gasteiger partial charge in [0.15, 0.2) is 0 Å². The van der Waals surface area contributed by atoms with Crippen molar-refractivity contribution >= 4 is 46.5 Å². The van der Waals surface area contributed by atoms with Crippen LogP contribution >= 0.6 is 22.9 Å². The van der Waals surface area contributed by atoms with Gasteiger partial charge in [-0.25, -0.2) is 9.69 Å². The van der Waals surface area contributed by atoms with Crippen molar-refractivity contribution in [2.75, 3.05) is 32.1 Å². The molecule has 0 bridgehead atoms. The molecular weight excluding hydrogens is 484 g/mol. The monoisotopic (exact) mass is 514 g/mol. The van der Waals surface area contributed by atoms with Crippen LogP contribution in [-0.2, 0) is 10.2 Å². The van der Waals surface area contributed by atoms with Crippen LogP contribution < -0.4 is 10.2 Å². The largest absolute Gasteiger partial charge is 0.346 e. The Hall–Kier alpha value is -2.42. The Bertz CT molecular complexity index is 1130. The van der Waals surface area contributed by atoms with Gasteiger partial charge in [0.1, 0.15) is 6.04 Å². The van der Waals surface area contributed by atoms with Crippen LogP contribution in [-0.4, -0.2) is 66.9 Å². The van der Waals surface area contributed by atoms with E-state index < -0.39 is 12.1 Å². The van der Waals surface area contributed by atoms with Gasteiger partial charge >= 0.3 is 6.03 Å². The first kappa shape index (κ1) is 24.3. The molecule has 9 heteroatoms. The molecule has 4 amide bonds. The quantitative estimate of drug-likeness (QED) is 0.552. The maximum absolute atomic E-state index is 13.4. The summed E-state index contributed by atoms with van der Waals surface area (Å²) in [4.78, 5) is 44.8. The van der Waals surface area contributed by atoms with Crippen LogP contribution in [0.25, 0.3) is 0 Å². The standard InChI is InChI=1S/C26H31ClN4O3S/c1-29(2)16-14-26(12-3-4-13-26)17-5-7-18(8-6-17)31-24(33)22-19(11-15-30(22)25(31)34)28-23(32)20-9-10-21(27)35-20/h5-10,19,22H,3-4,11-16H2,1-2H3,(H,28,32)/t19-,22+/m1/s1. The average molecular weight is 515 g/mol. The number of hydrogen-bond donors (Lipinski definition) is 1. The number of anilines is 1. The summed E-state index contributed by atoms with van der Waals surface area (Å²) in [5.74, 6) is -0.547. The zero-order valence-electron chi connectivity index (χ0n) is 20.1. The Morgan fingerprint density at radius 1 is 1.14 bits per heavy atom. The third kappa shape index (κ3) is 4.47. The van der Waals surface area contributed by atoms with Crippen LogP contribution in [0.15, 0.2) is 36.4 Å².